The van der Waals surface area contributed by atoms with Crippen LogP contribution in [0.4, 0.5) is 4.79 Å². The van der Waals surface area contributed by atoms with Crippen LogP contribution in [0.15, 0.2) is 24.3 Å². The molecule has 0 aliphatic heterocycles. The van der Waals surface area contributed by atoms with E-state index in [9.17, 15) is 14.4 Å². The average molecular weight is 556 g/mol. The summed E-state index contributed by atoms with van der Waals surface area (Å²) in [5.74, 6) is 2.24. The van der Waals surface area contributed by atoms with Crippen LogP contribution in [0.1, 0.15) is 123 Å². The van der Waals surface area contributed by atoms with Crippen LogP contribution in [-0.4, -0.2) is 47.5 Å². The zero-order valence-electron chi connectivity index (χ0n) is 26.0. The molecule has 7 nitrogen and oxygen atoms in total. The lowest BCUT2D eigenvalue weighted by Crippen LogP contribution is -2.53. The smallest absolute Gasteiger partial charge is 0.408 e. The molecular formula is C33H53N3O4. The molecule has 0 fully saturated rings. The molecule has 0 saturated heterocycles. The van der Waals surface area contributed by atoms with Gasteiger partial charge in [0.15, 0.2) is 0 Å². The van der Waals surface area contributed by atoms with E-state index in [4.69, 9.17) is 11.2 Å². The van der Waals surface area contributed by atoms with Gasteiger partial charge in [-0.05, 0) is 57.6 Å². The normalized spacial score (nSPS) is 12.8. The van der Waals surface area contributed by atoms with Crippen molar-refractivity contribution >= 4 is 17.9 Å². The van der Waals surface area contributed by atoms with Gasteiger partial charge < -0.3 is 20.3 Å². The summed E-state index contributed by atoms with van der Waals surface area (Å²) in [5.41, 5.74) is 0.472. The number of terminal acetylenes is 1. The van der Waals surface area contributed by atoms with Crippen molar-refractivity contribution in [2.75, 3.05) is 13.1 Å². The van der Waals surface area contributed by atoms with Crippen molar-refractivity contribution in [3.63, 3.8) is 0 Å². The number of carbonyl (C=O) groups is 3. The number of unbranched alkanes of at least 4 members (excludes halogenated alkanes) is 6. The fourth-order valence-electron chi connectivity index (χ4n) is 4.57. The molecule has 0 spiro atoms. The maximum absolute atomic E-state index is 14.3. The number of nitrogens with one attached hydrogen (secondary N) is 2. The van der Waals surface area contributed by atoms with E-state index in [0.29, 0.717) is 30.6 Å². The monoisotopic (exact) mass is 555 g/mol. The third-order valence-electron chi connectivity index (χ3n) is 6.53. The molecule has 0 saturated carbocycles. The van der Waals surface area contributed by atoms with Gasteiger partial charge in [0.2, 0.25) is 11.8 Å². The minimum absolute atomic E-state index is 0.120. The van der Waals surface area contributed by atoms with Crippen LogP contribution in [0, 0.1) is 18.3 Å². The third-order valence-corrected chi connectivity index (χ3v) is 6.53. The van der Waals surface area contributed by atoms with Crippen molar-refractivity contribution in [1.82, 2.24) is 15.5 Å². The lowest BCUT2D eigenvalue weighted by Gasteiger charge is -2.35. The predicted octanol–water partition coefficient (Wildman–Crippen LogP) is 6.75. The van der Waals surface area contributed by atoms with Gasteiger partial charge in [-0.15, -0.1) is 6.42 Å². The maximum atomic E-state index is 14.3. The molecule has 0 aromatic heterocycles. The standard InChI is InChI=1S/C33H53N3O4/c1-9-12-14-15-16-19-23-36(31(38)28(24-25(4)5)35-32(39)40-33(6,7)8)29(30(37)34-22-13-10-2)27-21-18-17-20-26(27)11-3/h3,17-18,20-21,25,28-29H,9-10,12-16,19,22-24H2,1-2,4-8H3,(H,34,37)(H,35,39). The van der Waals surface area contributed by atoms with Gasteiger partial charge >= 0.3 is 6.09 Å². The SMILES string of the molecule is C#Cc1ccccc1C(C(=O)NCCCC)N(CCCCCCCC)C(=O)C(CC(C)C)NC(=O)OC(C)(C)C. The van der Waals surface area contributed by atoms with Crippen molar-refractivity contribution in [3.8, 4) is 12.3 Å². The van der Waals surface area contributed by atoms with Crippen LogP contribution in [0.2, 0.25) is 0 Å². The summed E-state index contributed by atoms with van der Waals surface area (Å²) in [7, 11) is 0. The molecule has 3 amide bonds. The van der Waals surface area contributed by atoms with Gasteiger partial charge in [-0.1, -0.05) is 90.3 Å². The average Bonchev–Trinajstić information content (AvgIpc) is 2.88. The molecule has 1 aromatic rings. The second kappa shape index (κ2) is 18.4. The van der Waals surface area contributed by atoms with Crippen molar-refractivity contribution < 1.29 is 19.1 Å². The number of rotatable bonds is 17. The third kappa shape index (κ3) is 12.9. The lowest BCUT2D eigenvalue weighted by atomic mass is 9.95. The Morgan fingerprint density at radius 1 is 0.975 bits per heavy atom. The number of benzene rings is 1. The summed E-state index contributed by atoms with van der Waals surface area (Å²) in [4.78, 5) is 42.5. The van der Waals surface area contributed by atoms with Gasteiger partial charge in [0, 0.05) is 18.7 Å². The van der Waals surface area contributed by atoms with E-state index in [-0.39, 0.29) is 17.7 Å². The van der Waals surface area contributed by atoms with Gasteiger partial charge in [-0.3, -0.25) is 9.59 Å². The highest BCUT2D eigenvalue weighted by Crippen LogP contribution is 2.27. The Balaban J connectivity index is 3.50. The fourth-order valence-corrected chi connectivity index (χ4v) is 4.57. The Labute approximate surface area is 243 Å². The van der Waals surface area contributed by atoms with Gasteiger partial charge in [0.1, 0.15) is 17.7 Å². The predicted molar refractivity (Wildman–Crippen MR) is 163 cm³/mol. The first kappa shape index (κ1) is 35.0. The van der Waals surface area contributed by atoms with Crippen molar-refractivity contribution in [1.29, 1.82) is 0 Å². The van der Waals surface area contributed by atoms with E-state index in [2.05, 4.69) is 30.4 Å². The minimum atomic E-state index is -0.914. The molecule has 0 aliphatic carbocycles. The molecule has 0 heterocycles. The summed E-state index contributed by atoms with van der Waals surface area (Å²) in [6.07, 6.45) is 13.6. The second-order valence-electron chi connectivity index (χ2n) is 11.9. The zero-order valence-corrected chi connectivity index (χ0v) is 26.0. The van der Waals surface area contributed by atoms with Gasteiger partial charge in [0.25, 0.3) is 0 Å². The summed E-state index contributed by atoms with van der Waals surface area (Å²) < 4.78 is 5.48. The van der Waals surface area contributed by atoms with Gasteiger partial charge in [0.05, 0.1) is 0 Å². The van der Waals surface area contributed by atoms with Crippen LogP contribution in [0.25, 0.3) is 0 Å². The Morgan fingerprint density at radius 2 is 1.60 bits per heavy atom. The molecule has 224 valence electrons. The van der Waals surface area contributed by atoms with Crippen molar-refractivity contribution in [2.45, 2.75) is 124 Å². The van der Waals surface area contributed by atoms with E-state index in [1.807, 2.05) is 32.0 Å². The van der Waals surface area contributed by atoms with E-state index in [1.54, 1.807) is 31.7 Å². The minimum Gasteiger partial charge on any atom is -0.444 e. The molecule has 2 N–H and O–H groups in total. The highest BCUT2D eigenvalue weighted by atomic mass is 16.6. The van der Waals surface area contributed by atoms with Crippen LogP contribution in [0.3, 0.4) is 0 Å². The fraction of sp³-hybridized carbons (Fsp3) is 0.667. The molecule has 2 atom stereocenters. The first-order valence-electron chi connectivity index (χ1n) is 15.1. The number of hydrogen-bond donors (Lipinski definition) is 2. The molecule has 0 radical (unpaired) electrons. The van der Waals surface area contributed by atoms with Gasteiger partial charge in [-0.2, -0.15) is 0 Å². The van der Waals surface area contributed by atoms with Crippen molar-refractivity contribution in [2.24, 2.45) is 5.92 Å². The quantitative estimate of drug-likeness (QED) is 0.164. The highest BCUT2D eigenvalue weighted by molar-refractivity contribution is 5.92. The largest absolute Gasteiger partial charge is 0.444 e. The molecule has 0 bridgehead atoms. The Kier molecular flexibility index (Phi) is 16.1. The molecule has 40 heavy (non-hydrogen) atoms. The summed E-state index contributed by atoms with van der Waals surface area (Å²) in [6, 6.07) is 5.51. The first-order valence-corrected chi connectivity index (χ1v) is 15.1. The topological polar surface area (TPSA) is 87.7 Å². The van der Waals surface area contributed by atoms with Crippen molar-refractivity contribution in [3.05, 3.63) is 35.4 Å². The number of ether oxygens (including phenoxy) is 1. The van der Waals surface area contributed by atoms with E-state index >= 15 is 0 Å². The highest BCUT2D eigenvalue weighted by Gasteiger charge is 2.37. The van der Waals surface area contributed by atoms with Crippen LogP contribution in [0.5, 0.6) is 0 Å². The van der Waals surface area contributed by atoms with Crippen LogP contribution in [-0.2, 0) is 14.3 Å². The Bertz CT molecular complexity index is 961. The molecule has 1 aromatic carbocycles. The Morgan fingerprint density at radius 3 is 2.20 bits per heavy atom. The summed E-state index contributed by atoms with van der Waals surface area (Å²) in [5, 5.41) is 5.83. The van der Waals surface area contributed by atoms with Gasteiger partial charge in [-0.25, -0.2) is 4.79 Å². The number of carbonyl (C=O) groups excluding carboxylic acids is 3. The van der Waals surface area contributed by atoms with Crippen LogP contribution < -0.4 is 10.6 Å². The molecule has 7 heteroatoms. The Hall–Kier alpha value is -3.01. The number of hydrogen-bond acceptors (Lipinski definition) is 4. The van der Waals surface area contributed by atoms with E-state index in [0.717, 1.165) is 44.9 Å². The first-order chi connectivity index (χ1) is 18.9. The lowest BCUT2D eigenvalue weighted by molar-refractivity contribution is -0.143. The molecule has 0 aliphatic rings. The number of amides is 3. The zero-order chi connectivity index (χ0) is 30.1. The van der Waals surface area contributed by atoms with E-state index < -0.39 is 23.8 Å². The van der Waals surface area contributed by atoms with Crippen LogP contribution >= 0.6 is 0 Å². The molecule has 1 rings (SSSR count). The summed E-state index contributed by atoms with van der Waals surface area (Å²) >= 11 is 0. The summed E-state index contributed by atoms with van der Waals surface area (Å²) in [6.45, 7) is 14.5. The number of nitrogens with zero attached hydrogens (tertiary/aromatic N) is 1. The molecule has 2 unspecified atom stereocenters. The van der Waals surface area contributed by atoms with E-state index in [1.165, 1.54) is 6.42 Å². The second-order valence-corrected chi connectivity index (χ2v) is 11.9. The number of alkyl carbamates (subject to hydrolysis) is 1. The maximum Gasteiger partial charge on any atom is 0.408 e. The molecular weight excluding hydrogens is 502 g/mol.